The molecule has 0 saturated carbocycles. The van der Waals surface area contributed by atoms with Gasteiger partial charge in [-0.15, -0.1) is 0 Å². The first-order chi connectivity index (χ1) is 16.0. The van der Waals surface area contributed by atoms with E-state index in [-0.39, 0.29) is 5.91 Å². The maximum Gasteiger partial charge on any atom is 0.273 e. The minimum absolute atomic E-state index is 0.204. The van der Waals surface area contributed by atoms with E-state index in [9.17, 15) is 4.79 Å². The van der Waals surface area contributed by atoms with E-state index < -0.39 is 0 Å². The molecule has 0 atom stereocenters. The van der Waals surface area contributed by atoms with Crippen LogP contribution in [0.3, 0.4) is 0 Å². The second kappa shape index (κ2) is 16.8. The molecule has 0 spiro atoms. The van der Waals surface area contributed by atoms with Gasteiger partial charge in [-0.1, -0.05) is 138 Å². The number of carbonyl (C=O) groups excluding carboxylic acids is 1. The van der Waals surface area contributed by atoms with Crippen LogP contribution in [-0.2, 0) is 9.53 Å². The smallest absolute Gasteiger partial charge is 0.273 e. The summed E-state index contributed by atoms with van der Waals surface area (Å²) in [6.45, 7) is 2.89. The van der Waals surface area contributed by atoms with Gasteiger partial charge < -0.3 is 4.74 Å². The molecule has 1 aromatic carbocycles. The third-order valence-electron chi connectivity index (χ3n) is 5.71. The Bertz CT molecular complexity index is 765. The summed E-state index contributed by atoms with van der Waals surface area (Å²) in [7, 11) is 0. The van der Waals surface area contributed by atoms with Crippen molar-refractivity contribution in [3.63, 3.8) is 0 Å². The quantitative estimate of drug-likeness (QED) is 0.0868. The molecule has 0 N–H and O–H groups in total. The number of anilines is 1. The molecule has 1 saturated heterocycles. The molecule has 2 rings (SSSR count). The standard InChI is InChI=1S/C26H37Cl2NO2S2/c1-2-3-4-5-6-7-8-9-10-11-12-13-14-15-16-31-20-24-25(30)29(26(32)33-24)23-18-21(27)17-22(28)19-23/h17-20H,2-16H2,1H3. The Hall–Kier alpha value is -0.750. The lowest BCUT2D eigenvalue weighted by Gasteiger charge is -2.15. The second-order valence-electron chi connectivity index (χ2n) is 8.59. The van der Waals surface area contributed by atoms with Crippen LogP contribution in [0.1, 0.15) is 96.8 Å². The molecule has 0 radical (unpaired) electrons. The molecule has 7 heteroatoms. The molecule has 1 aliphatic heterocycles. The molecule has 0 aliphatic carbocycles. The number of benzene rings is 1. The largest absolute Gasteiger partial charge is 0.500 e. The molecule has 1 aliphatic rings. The summed E-state index contributed by atoms with van der Waals surface area (Å²) < 4.78 is 6.08. The predicted octanol–water partition coefficient (Wildman–Crippen LogP) is 9.70. The SMILES string of the molecule is CCCCCCCCCCCCCCCCOC=C1SC(=S)N(c2cc(Cl)cc(Cl)c2)C1=O. The fraction of sp³-hybridized carbons (Fsp3) is 0.615. The number of carbonyl (C=O) groups is 1. The van der Waals surface area contributed by atoms with E-state index in [1.54, 1.807) is 18.2 Å². The summed E-state index contributed by atoms with van der Waals surface area (Å²) in [5.41, 5.74) is 0.574. The molecular weight excluding hydrogens is 493 g/mol. The van der Waals surface area contributed by atoms with Crippen molar-refractivity contribution in [3.8, 4) is 0 Å². The minimum atomic E-state index is -0.204. The van der Waals surface area contributed by atoms with Crippen molar-refractivity contribution in [3.05, 3.63) is 39.4 Å². The van der Waals surface area contributed by atoms with Crippen LogP contribution >= 0.6 is 47.2 Å². The van der Waals surface area contributed by atoms with Gasteiger partial charge in [0.05, 0.1) is 12.3 Å². The van der Waals surface area contributed by atoms with Crippen molar-refractivity contribution in [2.24, 2.45) is 0 Å². The number of unbranched alkanes of at least 4 members (excludes halogenated alkanes) is 13. The average molecular weight is 531 g/mol. The molecular formula is C26H37Cl2NO2S2. The number of hydrogen-bond donors (Lipinski definition) is 0. The topological polar surface area (TPSA) is 29.5 Å². The predicted molar refractivity (Wildman–Crippen MR) is 148 cm³/mol. The Morgan fingerprint density at radius 3 is 1.85 bits per heavy atom. The van der Waals surface area contributed by atoms with E-state index in [0.717, 1.165) is 12.8 Å². The molecule has 3 nitrogen and oxygen atoms in total. The van der Waals surface area contributed by atoms with Gasteiger partial charge >= 0.3 is 0 Å². The maximum absolute atomic E-state index is 12.7. The van der Waals surface area contributed by atoms with Crippen molar-refractivity contribution >= 4 is 63.1 Å². The number of nitrogens with zero attached hydrogens (tertiary/aromatic N) is 1. The van der Waals surface area contributed by atoms with E-state index in [2.05, 4.69) is 6.92 Å². The van der Waals surface area contributed by atoms with Crippen LogP contribution in [0.15, 0.2) is 29.4 Å². The van der Waals surface area contributed by atoms with Crippen LogP contribution in [0.4, 0.5) is 5.69 Å². The Labute approximate surface area is 219 Å². The highest BCUT2D eigenvalue weighted by atomic mass is 35.5. The van der Waals surface area contributed by atoms with E-state index in [4.69, 9.17) is 40.2 Å². The number of thioether (sulfide) groups is 1. The van der Waals surface area contributed by atoms with Gasteiger partial charge in [0.1, 0.15) is 11.2 Å². The summed E-state index contributed by atoms with van der Waals surface area (Å²) in [5.74, 6) is -0.204. The maximum atomic E-state index is 12.7. The van der Waals surface area contributed by atoms with Crippen molar-refractivity contribution in [1.82, 2.24) is 0 Å². The first kappa shape index (κ1) is 28.5. The highest BCUT2D eigenvalue weighted by Gasteiger charge is 2.34. The second-order valence-corrected chi connectivity index (χ2v) is 11.1. The molecule has 33 heavy (non-hydrogen) atoms. The van der Waals surface area contributed by atoms with E-state index >= 15 is 0 Å². The van der Waals surface area contributed by atoms with Gasteiger partial charge in [0, 0.05) is 10.0 Å². The first-order valence-corrected chi connectivity index (χ1v) is 14.3. The third-order valence-corrected chi connectivity index (χ3v) is 7.42. The summed E-state index contributed by atoms with van der Waals surface area (Å²) in [5, 5.41) is 0.925. The van der Waals surface area contributed by atoms with Gasteiger partial charge in [0.15, 0.2) is 4.32 Å². The Morgan fingerprint density at radius 1 is 0.848 bits per heavy atom. The monoisotopic (exact) mass is 529 g/mol. The Morgan fingerprint density at radius 2 is 1.33 bits per heavy atom. The highest BCUT2D eigenvalue weighted by Crippen LogP contribution is 2.37. The van der Waals surface area contributed by atoms with Crippen LogP contribution < -0.4 is 4.90 Å². The van der Waals surface area contributed by atoms with Crippen molar-refractivity contribution < 1.29 is 9.53 Å². The number of thiocarbonyl (C=S) groups is 1. The van der Waals surface area contributed by atoms with Gasteiger partial charge in [-0.2, -0.15) is 0 Å². The van der Waals surface area contributed by atoms with Crippen LogP contribution in [-0.4, -0.2) is 16.8 Å². The van der Waals surface area contributed by atoms with Gasteiger partial charge in [0.25, 0.3) is 5.91 Å². The normalized spacial score (nSPS) is 15.1. The molecule has 184 valence electrons. The average Bonchev–Trinajstić information content (AvgIpc) is 3.05. The number of ether oxygens (including phenoxy) is 1. The zero-order chi connectivity index (χ0) is 23.9. The van der Waals surface area contributed by atoms with Gasteiger partial charge in [-0.25, -0.2) is 0 Å². The Balaban J connectivity index is 1.51. The van der Waals surface area contributed by atoms with Gasteiger partial charge in [0.2, 0.25) is 0 Å². The Kier molecular flexibility index (Phi) is 14.5. The van der Waals surface area contributed by atoms with Crippen molar-refractivity contribution in [1.29, 1.82) is 0 Å². The molecule has 0 bridgehead atoms. The van der Waals surface area contributed by atoms with Crippen molar-refractivity contribution in [2.45, 2.75) is 96.8 Å². The van der Waals surface area contributed by atoms with E-state index in [1.165, 1.54) is 100.0 Å². The fourth-order valence-corrected chi connectivity index (χ4v) is 5.59. The van der Waals surface area contributed by atoms with Crippen LogP contribution in [0, 0.1) is 0 Å². The lowest BCUT2D eigenvalue weighted by molar-refractivity contribution is -0.113. The van der Waals surface area contributed by atoms with E-state index in [1.807, 2.05) is 0 Å². The van der Waals surface area contributed by atoms with Gasteiger partial charge in [-0.05, 0) is 24.6 Å². The molecule has 1 amide bonds. The zero-order valence-corrected chi connectivity index (χ0v) is 22.9. The molecule has 1 aromatic rings. The number of halogens is 2. The van der Waals surface area contributed by atoms with Crippen LogP contribution in [0.5, 0.6) is 0 Å². The van der Waals surface area contributed by atoms with Crippen LogP contribution in [0.25, 0.3) is 0 Å². The summed E-state index contributed by atoms with van der Waals surface area (Å²) in [6, 6.07) is 4.98. The van der Waals surface area contributed by atoms with Crippen molar-refractivity contribution in [2.75, 3.05) is 11.5 Å². The van der Waals surface area contributed by atoms with Crippen LogP contribution in [0.2, 0.25) is 10.0 Å². The summed E-state index contributed by atoms with van der Waals surface area (Å²) in [6.07, 6.45) is 20.1. The molecule has 1 heterocycles. The summed E-state index contributed by atoms with van der Waals surface area (Å²) >= 11 is 18.7. The molecule has 0 aromatic heterocycles. The molecule has 1 fully saturated rings. The number of hydrogen-bond acceptors (Lipinski definition) is 4. The lowest BCUT2D eigenvalue weighted by Crippen LogP contribution is -2.27. The number of rotatable bonds is 17. The third kappa shape index (κ3) is 11.0. The number of amides is 1. The summed E-state index contributed by atoms with van der Waals surface area (Å²) in [4.78, 5) is 14.6. The lowest BCUT2D eigenvalue weighted by atomic mass is 10.0. The molecule has 0 unspecified atom stereocenters. The zero-order valence-electron chi connectivity index (χ0n) is 19.8. The van der Waals surface area contributed by atoms with E-state index in [0.29, 0.717) is 31.6 Å². The first-order valence-electron chi connectivity index (χ1n) is 12.4. The highest BCUT2D eigenvalue weighted by molar-refractivity contribution is 8.27. The van der Waals surface area contributed by atoms with Gasteiger partial charge in [-0.3, -0.25) is 9.69 Å². The minimum Gasteiger partial charge on any atom is -0.500 e. The fourth-order valence-electron chi connectivity index (χ4n) is 3.86.